The van der Waals surface area contributed by atoms with Gasteiger partial charge in [0.15, 0.2) is 0 Å². The number of fused-ring (bicyclic) bond motifs is 4. The monoisotopic (exact) mass is 715 g/mol. The Morgan fingerprint density at radius 1 is 0.339 bits per heavy atom. The van der Waals surface area contributed by atoms with Gasteiger partial charge < -0.3 is 4.90 Å². The minimum atomic E-state index is -0.171. The maximum Gasteiger partial charge on any atom is 0.0621 e. The number of anilines is 3. The van der Waals surface area contributed by atoms with Crippen molar-refractivity contribution in [1.82, 2.24) is 0 Å². The summed E-state index contributed by atoms with van der Waals surface area (Å²) in [6.45, 7) is 4.76. The van der Waals surface area contributed by atoms with Crippen LogP contribution in [0.25, 0.3) is 66.4 Å². The molecular weight excluding hydrogens is 675 g/mol. The molecule has 9 aromatic rings. The second-order valence-corrected chi connectivity index (χ2v) is 15.3. The van der Waals surface area contributed by atoms with E-state index in [-0.39, 0.29) is 5.41 Å². The molecule has 0 amide bonds. The molecule has 0 heterocycles. The van der Waals surface area contributed by atoms with Crippen LogP contribution in [0.3, 0.4) is 0 Å². The molecule has 0 N–H and O–H groups in total. The van der Waals surface area contributed by atoms with Gasteiger partial charge in [-0.25, -0.2) is 0 Å². The van der Waals surface area contributed by atoms with Gasteiger partial charge in [-0.1, -0.05) is 190 Å². The molecule has 0 aromatic heterocycles. The van der Waals surface area contributed by atoms with Crippen molar-refractivity contribution >= 4 is 27.8 Å². The predicted octanol–water partition coefficient (Wildman–Crippen LogP) is 15.3. The lowest BCUT2D eigenvalue weighted by atomic mass is 9.81. The van der Waals surface area contributed by atoms with Gasteiger partial charge in [0.2, 0.25) is 0 Å². The Balaban J connectivity index is 1.25. The van der Waals surface area contributed by atoms with Crippen LogP contribution in [0, 0.1) is 0 Å². The SMILES string of the molecule is CC1(C)c2ccccc2-c2c1cc1ccc(-c3ccccc3)cc1c2N(c1ccc(-c2ccccc2-c2ccccc2)cc1)c1cccc(-c2ccccc2)c1. The smallest absolute Gasteiger partial charge is 0.0621 e. The fraction of sp³-hybridized carbons (Fsp3) is 0.0545. The van der Waals surface area contributed by atoms with Crippen molar-refractivity contribution in [2.45, 2.75) is 19.3 Å². The summed E-state index contributed by atoms with van der Waals surface area (Å²) >= 11 is 0. The molecule has 0 atom stereocenters. The zero-order valence-electron chi connectivity index (χ0n) is 31.7. The summed E-state index contributed by atoms with van der Waals surface area (Å²) in [5.74, 6) is 0. The third-order valence-electron chi connectivity index (χ3n) is 11.6. The van der Waals surface area contributed by atoms with E-state index in [0.717, 1.165) is 11.4 Å². The Morgan fingerprint density at radius 2 is 0.839 bits per heavy atom. The highest BCUT2D eigenvalue weighted by molar-refractivity contribution is 6.11. The van der Waals surface area contributed by atoms with E-state index in [1.165, 1.54) is 83.2 Å². The van der Waals surface area contributed by atoms with Crippen LogP contribution < -0.4 is 4.90 Å². The first-order chi connectivity index (χ1) is 27.5. The van der Waals surface area contributed by atoms with Crippen molar-refractivity contribution in [3.05, 3.63) is 223 Å². The van der Waals surface area contributed by atoms with Crippen LogP contribution in [-0.2, 0) is 5.41 Å². The molecule has 266 valence electrons. The Bertz CT molecular complexity index is 2850. The summed E-state index contributed by atoms with van der Waals surface area (Å²) in [6.07, 6.45) is 0. The van der Waals surface area contributed by atoms with Gasteiger partial charge in [0, 0.05) is 27.7 Å². The third kappa shape index (κ3) is 5.72. The Labute approximate surface area is 329 Å². The van der Waals surface area contributed by atoms with Gasteiger partial charge in [-0.05, 0) is 103 Å². The van der Waals surface area contributed by atoms with Crippen molar-refractivity contribution in [3.8, 4) is 55.6 Å². The summed E-state index contributed by atoms with van der Waals surface area (Å²) < 4.78 is 0. The predicted molar refractivity (Wildman–Crippen MR) is 238 cm³/mol. The lowest BCUT2D eigenvalue weighted by Crippen LogP contribution is -2.16. The second-order valence-electron chi connectivity index (χ2n) is 15.3. The number of nitrogens with zero attached hydrogens (tertiary/aromatic N) is 1. The zero-order valence-corrected chi connectivity index (χ0v) is 31.7. The number of rotatable bonds is 7. The van der Waals surface area contributed by atoms with Gasteiger partial charge >= 0.3 is 0 Å². The molecule has 0 spiro atoms. The summed E-state index contributed by atoms with van der Waals surface area (Å²) in [4.78, 5) is 2.52. The van der Waals surface area contributed by atoms with Crippen molar-refractivity contribution in [1.29, 1.82) is 0 Å². The summed E-state index contributed by atoms with van der Waals surface area (Å²) in [6, 6.07) is 77.6. The number of benzene rings is 9. The molecule has 0 radical (unpaired) electrons. The molecule has 10 rings (SSSR count). The molecule has 1 aliphatic carbocycles. The average Bonchev–Trinajstić information content (AvgIpc) is 3.50. The van der Waals surface area contributed by atoms with Crippen LogP contribution in [0.15, 0.2) is 212 Å². The van der Waals surface area contributed by atoms with Crippen molar-refractivity contribution in [2.75, 3.05) is 4.90 Å². The van der Waals surface area contributed by atoms with Gasteiger partial charge in [-0.2, -0.15) is 0 Å². The Hall–Kier alpha value is -6.96. The normalized spacial score (nSPS) is 12.6. The highest BCUT2D eigenvalue weighted by atomic mass is 15.1. The maximum atomic E-state index is 2.52. The molecule has 9 aromatic carbocycles. The number of hydrogen-bond donors (Lipinski definition) is 0. The summed E-state index contributed by atoms with van der Waals surface area (Å²) in [5.41, 5.74) is 18.2. The summed E-state index contributed by atoms with van der Waals surface area (Å²) in [5, 5.41) is 2.46. The van der Waals surface area contributed by atoms with E-state index in [2.05, 4.69) is 231 Å². The molecule has 0 unspecified atom stereocenters. The Morgan fingerprint density at radius 3 is 1.48 bits per heavy atom. The molecule has 56 heavy (non-hydrogen) atoms. The largest absolute Gasteiger partial charge is 0.309 e. The van der Waals surface area contributed by atoms with E-state index in [1.54, 1.807) is 0 Å². The van der Waals surface area contributed by atoms with Crippen LogP contribution in [-0.4, -0.2) is 0 Å². The van der Waals surface area contributed by atoms with E-state index >= 15 is 0 Å². The van der Waals surface area contributed by atoms with Crippen LogP contribution in [0.2, 0.25) is 0 Å². The standard InChI is InChI=1S/C55H41N/c1-55(2)51-28-15-14-27-49(51)53-52(55)37-44-30-29-43(39-19-8-4-9-20-39)36-50(44)54(53)56(46-24-16-23-42(35-46)38-17-6-3-7-18-38)45-33-31-41(32-34-45)48-26-13-12-25-47(48)40-21-10-5-11-22-40/h3-37H,1-2H3. The quantitative estimate of drug-likeness (QED) is 0.159. The van der Waals surface area contributed by atoms with E-state index in [4.69, 9.17) is 0 Å². The highest BCUT2D eigenvalue weighted by Crippen LogP contribution is 2.57. The lowest BCUT2D eigenvalue weighted by molar-refractivity contribution is 0.661. The average molecular weight is 716 g/mol. The van der Waals surface area contributed by atoms with E-state index in [0.29, 0.717) is 0 Å². The lowest BCUT2D eigenvalue weighted by Gasteiger charge is -2.31. The van der Waals surface area contributed by atoms with Gasteiger partial charge in [0.1, 0.15) is 0 Å². The van der Waals surface area contributed by atoms with Gasteiger partial charge in [-0.3, -0.25) is 0 Å². The van der Waals surface area contributed by atoms with Crippen LogP contribution >= 0.6 is 0 Å². The third-order valence-corrected chi connectivity index (χ3v) is 11.6. The first-order valence-electron chi connectivity index (χ1n) is 19.5. The molecule has 1 aliphatic rings. The van der Waals surface area contributed by atoms with Gasteiger partial charge in [0.25, 0.3) is 0 Å². The van der Waals surface area contributed by atoms with Crippen LogP contribution in [0.1, 0.15) is 25.0 Å². The molecule has 0 saturated heterocycles. The first kappa shape index (κ1) is 33.6. The molecule has 0 saturated carbocycles. The van der Waals surface area contributed by atoms with Gasteiger partial charge in [-0.15, -0.1) is 0 Å². The van der Waals surface area contributed by atoms with Crippen LogP contribution in [0.5, 0.6) is 0 Å². The first-order valence-corrected chi connectivity index (χ1v) is 19.5. The van der Waals surface area contributed by atoms with E-state index in [9.17, 15) is 0 Å². The number of hydrogen-bond acceptors (Lipinski definition) is 1. The van der Waals surface area contributed by atoms with Crippen LogP contribution in [0.4, 0.5) is 17.1 Å². The van der Waals surface area contributed by atoms with Crippen molar-refractivity contribution < 1.29 is 0 Å². The topological polar surface area (TPSA) is 3.24 Å². The minimum absolute atomic E-state index is 0.171. The fourth-order valence-corrected chi connectivity index (χ4v) is 8.83. The highest BCUT2D eigenvalue weighted by Gasteiger charge is 2.39. The molecular formula is C55H41N. The summed E-state index contributed by atoms with van der Waals surface area (Å²) in [7, 11) is 0. The molecule has 1 heteroatoms. The maximum absolute atomic E-state index is 2.52. The Kier molecular flexibility index (Phi) is 8.23. The van der Waals surface area contributed by atoms with Crippen molar-refractivity contribution in [3.63, 3.8) is 0 Å². The minimum Gasteiger partial charge on any atom is -0.309 e. The molecule has 0 aliphatic heterocycles. The second kappa shape index (κ2) is 13.7. The van der Waals surface area contributed by atoms with E-state index in [1.807, 2.05) is 0 Å². The molecule has 0 bridgehead atoms. The fourth-order valence-electron chi connectivity index (χ4n) is 8.83. The zero-order chi connectivity index (χ0) is 37.6. The molecule has 1 nitrogen and oxygen atoms in total. The van der Waals surface area contributed by atoms with Crippen molar-refractivity contribution in [2.24, 2.45) is 0 Å². The molecule has 0 fully saturated rings. The van der Waals surface area contributed by atoms with E-state index < -0.39 is 0 Å². The van der Waals surface area contributed by atoms with Gasteiger partial charge in [0.05, 0.1) is 5.69 Å².